The van der Waals surface area contributed by atoms with Gasteiger partial charge >= 0.3 is 5.82 Å². The van der Waals surface area contributed by atoms with Crippen LogP contribution >= 0.6 is 34.4 Å². The topological polar surface area (TPSA) is 98.2 Å². The van der Waals surface area contributed by atoms with E-state index in [1.807, 2.05) is 13.8 Å². The lowest BCUT2D eigenvalue weighted by Gasteiger charge is -2.02. The Morgan fingerprint density at radius 1 is 1.48 bits per heavy atom. The maximum absolute atomic E-state index is 11.2. The Morgan fingerprint density at radius 2 is 2.29 bits per heavy atom. The van der Waals surface area contributed by atoms with Crippen molar-refractivity contribution in [3.8, 4) is 0 Å². The summed E-state index contributed by atoms with van der Waals surface area (Å²) in [6.07, 6.45) is 1.64. The van der Waals surface area contributed by atoms with Crippen LogP contribution in [0.4, 0.5) is 10.9 Å². The summed E-state index contributed by atoms with van der Waals surface area (Å²) in [5.41, 5.74) is 0. The van der Waals surface area contributed by atoms with Crippen molar-refractivity contribution >= 4 is 50.3 Å². The van der Waals surface area contributed by atoms with Crippen molar-refractivity contribution in [1.29, 1.82) is 0 Å². The molecule has 0 unspecified atom stereocenters. The summed E-state index contributed by atoms with van der Waals surface area (Å²) in [5.74, 6) is -0.0372. The first-order chi connectivity index (χ1) is 10.0. The van der Waals surface area contributed by atoms with Gasteiger partial charge < -0.3 is 15.4 Å². The van der Waals surface area contributed by atoms with Gasteiger partial charge in [-0.15, -0.1) is 10.2 Å². The molecule has 0 atom stereocenters. The van der Waals surface area contributed by atoms with Crippen LogP contribution in [-0.2, 0) is 0 Å². The van der Waals surface area contributed by atoms with Crippen LogP contribution in [-0.4, -0.2) is 30.5 Å². The number of imidazole rings is 1. The van der Waals surface area contributed by atoms with Gasteiger partial charge in [0.2, 0.25) is 10.2 Å². The third kappa shape index (κ3) is 2.84. The summed E-state index contributed by atoms with van der Waals surface area (Å²) in [5, 5.41) is 25.2. The first-order valence-electron chi connectivity index (χ1n) is 5.92. The smallest absolute Gasteiger partial charge is 0.358 e. The number of thiazole rings is 1. The Kier molecular flexibility index (Phi) is 3.78. The minimum absolute atomic E-state index is 0.0372. The second-order valence-corrected chi connectivity index (χ2v) is 7.41. The molecule has 0 amide bonds. The number of nitrogens with one attached hydrogen (secondary N) is 1. The highest BCUT2D eigenvalue weighted by molar-refractivity contribution is 8.01. The Bertz CT molecular complexity index is 792. The molecule has 0 bridgehead atoms. The van der Waals surface area contributed by atoms with Crippen LogP contribution in [0.1, 0.15) is 13.8 Å². The largest absolute Gasteiger partial charge is 0.363 e. The average molecular weight is 342 g/mol. The lowest BCUT2D eigenvalue weighted by molar-refractivity contribution is -0.393. The molecule has 0 saturated heterocycles. The summed E-state index contributed by atoms with van der Waals surface area (Å²) >= 11 is 3.86. The van der Waals surface area contributed by atoms with Gasteiger partial charge in [0.25, 0.3) is 4.96 Å². The molecule has 3 aromatic heterocycles. The number of fused-ring (bicyclic) bond motifs is 1. The van der Waals surface area contributed by atoms with Crippen LogP contribution in [0.5, 0.6) is 0 Å². The lowest BCUT2D eigenvalue weighted by atomic mass is 10.4. The molecule has 0 aliphatic carbocycles. The van der Waals surface area contributed by atoms with E-state index in [0.717, 1.165) is 11.8 Å². The third-order valence-electron chi connectivity index (χ3n) is 2.38. The normalized spacial score (nSPS) is 11.4. The van der Waals surface area contributed by atoms with E-state index in [0.29, 0.717) is 19.5 Å². The van der Waals surface area contributed by atoms with E-state index in [1.165, 1.54) is 27.1 Å². The summed E-state index contributed by atoms with van der Waals surface area (Å²) in [6, 6.07) is 0.253. The van der Waals surface area contributed by atoms with Crippen LogP contribution in [0.3, 0.4) is 0 Å². The standard InChI is InChI=1S/C10H10N6O2S3/c1-5(2)11-8-13-14-10(21-8)20-6-7(16(17)18)15-3-4-19-9(15)12-6/h3-5H,1-2H3,(H,11,13). The van der Waals surface area contributed by atoms with Gasteiger partial charge in [-0.05, 0) is 30.5 Å². The Hall–Kier alpha value is -1.72. The Morgan fingerprint density at radius 3 is 3.00 bits per heavy atom. The predicted molar refractivity (Wildman–Crippen MR) is 82.5 cm³/mol. The number of rotatable bonds is 5. The minimum Gasteiger partial charge on any atom is -0.358 e. The SMILES string of the molecule is CC(C)Nc1nnc(Sc2nc3sccn3c2[N+](=O)[O-])s1. The number of hydrogen-bond acceptors (Lipinski definition) is 9. The zero-order valence-corrected chi connectivity index (χ0v) is 13.5. The van der Waals surface area contributed by atoms with E-state index in [1.54, 1.807) is 11.6 Å². The molecule has 8 nitrogen and oxygen atoms in total. The van der Waals surface area contributed by atoms with Crippen molar-refractivity contribution in [3.63, 3.8) is 0 Å². The van der Waals surface area contributed by atoms with Gasteiger partial charge in [0.15, 0.2) is 4.34 Å². The predicted octanol–water partition coefficient (Wildman–Crippen LogP) is 3.13. The number of nitrogens with zero attached hydrogens (tertiary/aromatic N) is 5. The monoisotopic (exact) mass is 342 g/mol. The zero-order chi connectivity index (χ0) is 15.0. The summed E-state index contributed by atoms with van der Waals surface area (Å²) in [7, 11) is 0. The molecule has 0 aliphatic rings. The van der Waals surface area contributed by atoms with E-state index >= 15 is 0 Å². The van der Waals surface area contributed by atoms with Crippen LogP contribution in [0.2, 0.25) is 0 Å². The van der Waals surface area contributed by atoms with E-state index in [9.17, 15) is 10.1 Å². The zero-order valence-electron chi connectivity index (χ0n) is 11.0. The van der Waals surface area contributed by atoms with Gasteiger partial charge in [-0.2, -0.15) is 9.38 Å². The summed E-state index contributed by atoms with van der Waals surface area (Å²) in [6.45, 7) is 4.01. The van der Waals surface area contributed by atoms with E-state index in [2.05, 4.69) is 20.5 Å². The highest BCUT2D eigenvalue weighted by Gasteiger charge is 2.25. The van der Waals surface area contributed by atoms with Crippen molar-refractivity contribution in [2.75, 3.05) is 5.32 Å². The molecule has 3 heterocycles. The van der Waals surface area contributed by atoms with Crippen LogP contribution in [0, 0.1) is 10.1 Å². The van der Waals surface area contributed by atoms with Gasteiger partial charge in [0.1, 0.15) is 6.20 Å². The highest BCUT2D eigenvalue weighted by atomic mass is 32.2. The number of aromatic nitrogens is 4. The van der Waals surface area contributed by atoms with E-state index in [-0.39, 0.29) is 11.9 Å². The molecule has 0 saturated carbocycles. The molecule has 110 valence electrons. The van der Waals surface area contributed by atoms with Crippen molar-refractivity contribution < 1.29 is 4.92 Å². The van der Waals surface area contributed by atoms with Crippen LogP contribution in [0.15, 0.2) is 20.9 Å². The molecular weight excluding hydrogens is 332 g/mol. The Balaban J connectivity index is 1.90. The molecule has 0 radical (unpaired) electrons. The molecule has 1 N–H and O–H groups in total. The first kappa shape index (κ1) is 14.2. The van der Waals surface area contributed by atoms with Gasteiger partial charge in [0.05, 0.1) is 0 Å². The van der Waals surface area contributed by atoms with Gasteiger partial charge in [0, 0.05) is 11.4 Å². The van der Waals surface area contributed by atoms with E-state index in [4.69, 9.17) is 0 Å². The summed E-state index contributed by atoms with van der Waals surface area (Å²) < 4.78 is 2.09. The molecule has 0 aromatic carbocycles. The second kappa shape index (κ2) is 5.58. The summed E-state index contributed by atoms with van der Waals surface area (Å²) in [4.78, 5) is 15.7. The number of nitro groups is 1. The van der Waals surface area contributed by atoms with Crippen LogP contribution < -0.4 is 5.32 Å². The molecule has 21 heavy (non-hydrogen) atoms. The molecule has 3 rings (SSSR count). The first-order valence-corrected chi connectivity index (χ1v) is 8.43. The fourth-order valence-corrected chi connectivity index (χ4v) is 4.30. The van der Waals surface area contributed by atoms with E-state index < -0.39 is 4.92 Å². The fourth-order valence-electron chi connectivity index (χ4n) is 1.63. The number of anilines is 1. The third-order valence-corrected chi connectivity index (χ3v) is 5.01. The lowest BCUT2D eigenvalue weighted by Crippen LogP contribution is -2.08. The average Bonchev–Trinajstić information content (AvgIpc) is 3.04. The maximum Gasteiger partial charge on any atom is 0.363 e. The quantitative estimate of drug-likeness (QED) is 0.562. The van der Waals surface area contributed by atoms with Crippen molar-refractivity contribution in [2.24, 2.45) is 0 Å². The molecule has 3 aromatic rings. The van der Waals surface area contributed by atoms with Crippen molar-refractivity contribution in [2.45, 2.75) is 29.3 Å². The maximum atomic E-state index is 11.2. The highest BCUT2D eigenvalue weighted by Crippen LogP contribution is 2.38. The molecular formula is C10H10N6O2S3. The number of hydrogen-bond donors (Lipinski definition) is 1. The van der Waals surface area contributed by atoms with Crippen molar-refractivity contribution in [3.05, 3.63) is 21.7 Å². The molecule has 0 fully saturated rings. The molecule has 0 spiro atoms. The molecule has 11 heteroatoms. The van der Waals surface area contributed by atoms with Gasteiger partial charge in [-0.25, -0.2) is 0 Å². The van der Waals surface area contributed by atoms with Gasteiger partial charge in [-0.1, -0.05) is 22.7 Å². The van der Waals surface area contributed by atoms with Crippen molar-refractivity contribution in [1.82, 2.24) is 19.6 Å². The van der Waals surface area contributed by atoms with Gasteiger partial charge in [-0.3, -0.25) is 0 Å². The fraction of sp³-hybridized carbons (Fsp3) is 0.300. The Labute approximate surface area is 131 Å². The minimum atomic E-state index is -0.427. The van der Waals surface area contributed by atoms with Crippen LogP contribution in [0.25, 0.3) is 4.96 Å². The molecule has 0 aliphatic heterocycles. The second-order valence-electron chi connectivity index (χ2n) is 4.33.